The average Bonchev–Trinajstić information content (AvgIpc) is 2.78. The summed E-state index contributed by atoms with van der Waals surface area (Å²) >= 11 is 0. The van der Waals surface area contributed by atoms with Crippen LogP contribution in [-0.4, -0.2) is 18.4 Å². The summed E-state index contributed by atoms with van der Waals surface area (Å²) in [6.45, 7) is 5.08. The molecule has 4 nitrogen and oxygen atoms in total. The number of aryl methyl sites for hydroxylation is 1. The molecule has 0 saturated heterocycles. The van der Waals surface area contributed by atoms with Gasteiger partial charge >= 0.3 is 0 Å². The van der Waals surface area contributed by atoms with Crippen LogP contribution < -0.4 is 10.2 Å². The van der Waals surface area contributed by atoms with E-state index in [1.165, 1.54) is 11.1 Å². The van der Waals surface area contributed by atoms with E-state index < -0.39 is 0 Å². The molecular weight excluding hydrogens is 384 g/mol. The van der Waals surface area contributed by atoms with E-state index in [1.807, 2.05) is 61.5 Å². The van der Waals surface area contributed by atoms with Gasteiger partial charge in [-0.25, -0.2) is 0 Å². The van der Waals surface area contributed by atoms with E-state index in [0.717, 1.165) is 23.2 Å². The summed E-state index contributed by atoms with van der Waals surface area (Å²) in [5.74, 6) is 0.0813. The Morgan fingerprint density at radius 3 is 2.23 bits per heavy atom. The third kappa shape index (κ3) is 6.82. The van der Waals surface area contributed by atoms with Gasteiger partial charge in [-0.2, -0.15) is 0 Å². The number of nitrogens with zero attached hydrogens (tertiary/aromatic N) is 1. The van der Waals surface area contributed by atoms with Crippen LogP contribution in [0.5, 0.6) is 0 Å². The topological polar surface area (TPSA) is 49.4 Å². The predicted molar refractivity (Wildman–Crippen MR) is 126 cm³/mol. The highest BCUT2D eigenvalue weighted by Gasteiger charge is 2.15. The van der Waals surface area contributed by atoms with Crippen molar-refractivity contribution in [3.05, 3.63) is 101 Å². The molecule has 31 heavy (non-hydrogen) atoms. The normalized spacial score (nSPS) is 10.5. The monoisotopic (exact) mass is 414 g/mol. The lowest BCUT2D eigenvalue weighted by molar-refractivity contribution is -0.120. The molecule has 3 rings (SSSR count). The molecule has 0 aliphatic carbocycles. The predicted octanol–water partition coefficient (Wildman–Crippen LogP) is 4.84. The van der Waals surface area contributed by atoms with Gasteiger partial charge in [-0.05, 0) is 42.2 Å². The van der Waals surface area contributed by atoms with E-state index in [0.29, 0.717) is 25.9 Å². The minimum absolute atomic E-state index is 0.00457. The number of amides is 2. The van der Waals surface area contributed by atoms with Crippen LogP contribution in [0.4, 0.5) is 5.69 Å². The summed E-state index contributed by atoms with van der Waals surface area (Å²) in [6.07, 6.45) is 1.59. The standard InChI is InChI=1S/C27H30N2O2/c1-3-27(31)29(20-24-11-7-8-21(2)18-24)25-14-12-23(13-15-25)19-26(30)28-17-16-22-9-5-4-6-10-22/h4-15,18H,3,16-17,19-20H2,1-2H3,(H,28,30). The zero-order valence-corrected chi connectivity index (χ0v) is 18.3. The van der Waals surface area contributed by atoms with Gasteiger partial charge in [-0.3, -0.25) is 9.59 Å². The molecule has 160 valence electrons. The second-order valence-corrected chi connectivity index (χ2v) is 7.75. The zero-order chi connectivity index (χ0) is 22.1. The van der Waals surface area contributed by atoms with Crippen LogP contribution in [0.3, 0.4) is 0 Å². The smallest absolute Gasteiger partial charge is 0.227 e. The van der Waals surface area contributed by atoms with Crippen LogP contribution in [0.1, 0.15) is 35.6 Å². The molecule has 3 aromatic rings. The van der Waals surface area contributed by atoms with Crippen LogP contribution in [0, 0.1) is 6.92 Å². The maximum atomic E-state index is 12.6. The molecule has 0 heterocycles. The first-order valence-electron chi connectivity index (χ1n) is 10.8. The van der Waals surface area contributed by atoms with E-state index in [9.17, 15) is 9.59 Å². The highest BCUT2D eigenvalue weighted by Crippen LogP contribution is 2.20. The van der Waals surface area contributed by atoms with Gasteiger partial charge in [0.2, 0.25) is 11.8 Å². The lowest BCUT2D eigenvalue weighted by Gasteiger charge is -2.23. The largest absolute Gasteiger partial charge is 0.355 e. The second-order valence-electron chi connectivity index (χ2n) is 7.75. The van der Waals surface area contributed by atoms with Crippen molar-refractivity contribution in [1.29, 1.82) is 0 Å². The number of rotatable bonds is 9. The summed E-state index contributed by atoms with van der Waals surface area (Å²) < 4.78 is 0. The molecule has 0 aliphatic rings. The van der Waals surface area contributed by atoms with E-state index in [4.69, 9.17) is 0 Å². The van der Waals surface area contributed by atoms with Crippen LogP contribution in [0.2, 0.25) is 0 Å². The Morgan fingerprint density at radius 1 is 0.839 bits per heavy atom. The van der Waals surface area contributed by atoms with E-state index in [2.05, 4.69) is 36.5 Å². The Hall–Kier alpha value is -3.40. The first-order valence-corrected chi connectivity index (χ1v) is 10.8. The second kappa shape index (κ2) is 11.1. The number of anilines is 1. The summed E-state index contributed by atoms with van der Waals surface area (Å²) in [5, 5.41) is 2.98. The van der Waals surface area contributed by atoms with Crippen LogP contribution in [0.25, 0.3) is 0 Å². The molecule has 0 atom stereocenters. The lowest BCUT2D eigenvalue weighted by atomic mass is 10.1. The van der Waals surface area contributed by atoms with Crippen LogP contribution in [-0.2, 0) is 29.0 Å². The summed E-state index contributed by atoms with van der Waals surface area (Å²) in [5.41, 5.74) is 5.27. The lowest BCUT2D eigenvalue weighted by Crippen LogP contribution is -2.29. The number of benzene rings is 3. The Morgan fingerprint density at radius 2 is 1.55 bits per heavy atom. The minimum Gasteiger partial charge on any atom is -0.355 e. The number of carbonyl (C=O) groups is 2. The highest BCUT2D eigenvalue weighted by atomic mass is 16.2. The number of hydrogen-bond donors (Lipinski definition) is 1. The third-order valence-electron chi connectivity index (χ3n) is 5.22. The molecule has 4 heteroatoms. The third-order valence-corrected chi connectivity index (χ3v) is 5.22. The summed E-state index contributed by atoms with van der Waals surface area (Å²) in [7, 11) is 0. The molecule has 2 amide bonds. The molecule has 0 bridgehead atoms. The Balaban J connectivity index is 1.58. The fraction of sp³-hybridized carbons (Fsp3) is 0.259. The summed E-state index contributed by atoms with van der Waals surface area (Å²) in [4.78, 5) is 26.6. The molecular formula is C27H30N2O2. The van der Waals surface area contributed by atoms with Crippen molar-refractivity contribution in [2.24, 2.45) is 0 Å². The molecule has 0 aromatic heterocycles. The van der Waals surface area contributed by atoms with Gasteiger partial charge in [-0.1, -0.05) is 79.2 Å². The van der Waals surface area contributed by atoms with Crippen molar-refractivity contribution in [3.63, 3.8) is 0 Å². The van der Waals surface area contributed by atoms with Gasteiger partial charge in [0, 0.05) is 18.7 Å². The van der Waals surface area contributed by atoms with Crippen molar-refractivity contribution in [3.8, 4) is 0 Å². The van der Waals surface area contributed by atoms with E-state index in [-0.39, 0.29) is 11.8 Å². The Kier molecular flexibility index (Phi) is 7.99. The zero-order valence-electron chi connectivity index (χ0n) is 18.3. The quantitative estimate of drug-likeness (QED) is 0.545. The Labute approximate surface area is 184 Å². The van der Waals surface area contributed by atoms with Crippen LogP contribution >= 0.6 is 0 Å². The van der Waals surface area contributed by atoms with Gasteiger partial charge in [0.15, 0.2) is 0 Å². The SMILES string of the molecule is CCC(=O)N(Cc1cccc(C)c1)c1ccc(CC(=O)NCCc2ccccc2)cc1. The molecule has 0 unspecified atom stereocenters. The first kappa shape index (κ1) is 22.3. The molecule has 0 saturated carbocycles. The van der Waals surface area contributed by atoms with Crippen molar-refractivity contribution < 1.29 is 9.59 Å². The van der Waals surface area contributed by atoms with E-state index >= 15 is 0 Å². The fourth-order valence-corrected chi connectivity index (χ4v) is 3.54. The minimum atomic E-state index is 0.00457. The van der Waals surface area contributed by atoms with Crippen molar-refractivity contribution in [2.45, 2.75) is 39.7 Å². The van der Waals surface area contributed by atoms with Crippen molar-refractivity contribution in [2.75, 3.05) is 11.4 Å². The number of hydrogen-bond acceptors (Lipinski definition) is 2. The fourth-order valence-electron chi connectivity index (χ4n) is 3.54. The number of nitrogens with one attached hydrogen (secondary N) is 1. The average molecular weight is 415 g/mol. The van der Waals surface area contributed by atoms with Gasteiger partial charge in [0.25, 0.3) is 0 Å². The van der Waals surface area contributed by atoms with Crippen LogP contribution in [0.15, 0.2) is 78.9 Å². The molecule has 0 aliphatic heterocycles. The van der Waals surface area contributed by atoms with Gasteiger partial charge in [0.05, 0.1) is 13.0 Å². The molecule has 0 radical (unpaired) electrons. The van der Waals surface area contributed by atoms with Crippen molar-refractivity contribution in [1.82, 2.24) is 5.32 Å². The molecule has 0 fully saturated rings. The maximum absolute atomic E-state index is 12.6. The first-order chi connectivity index (χ1) is 15.0. The van der Waals surface area contributed by atoms with Crippen molar-refractivity contribution >= 4 is 17.5 Å². The molecule has 3 aromatic carbocycles. The van der Waals surface area contributed by atoms with E-state index in [1.54, 1.807) is 4.90 Å². The molecule has 0 spiro atoms. The van der Waals surface area contributed by atoms with Gasteiger partial charge < -0.3 is 10.2 Å². The maximum Gasteiger partial charge on any atom is 0.227 e. The molecule has 1 N–H and O–H groups in total. The Bertz CT molecular complexity index is 997. The number of carbonyl (C=O) groups excluding carboxylic acids is 2. The summed E-state index contributed by atoms with van der Waals surface area (Å²) in [6, 6.07) is 26.0. The van der Waals surface area contributed by atoms with Gasteiger partial charge in [0.1, 0.15) is 0 Å². The van der Waals surface area contributed by atoms with Gasteiger partial charge in [-0.15, -0.1) is 0 Å². The highest BCUT2D eigenvalue weighted by molar-refractivity contribution is 5.93.